The Hall–Kier alpha value is -1.07. The zero-order chi connectivity index (χ0) is 7.52. The van der Waals surface area contributed by atoms with Crippen LogP contribution in [-0.4, -0.2) is 10.2 Å². The van der Waals surface area contributed by atoms with Crippen molar-refractivity contribution in [3.05, 3.63) is 30.2 Å². The minimum atomic E-state index is 1.07. The van der Waals surface area contributed by atoms with Gasteiger partial charge in [0.15, 0.2) is 0 Å². The zero-order valence-corrected chi connectivity index (χ0v) is 6.43. The normalized spacial score (nSPS) is 15.8. The van der Waals surface area contributed by atoms with Crippen LogP contribution in [0.15, 0.2) is 24.7 Å². The monoisotopic (exact) mass is 166 g/mol. The van der Waals surface area contributed by atoms with E-state index >= 15 is 0 Å². The fourth-order valence-corrected chi connectivity index (χ4v) is 1.37. The van der Waals surface area contributed by atoms with Crippen molar-refractivity contribution >= 4 is 16.9 Å². The van der Waals surface area contributed by atoms with E-state index in [9.17, 15) is 0 Å². The van der Waals surface area contributed by atoms with Crippen molar-refractivity contribution in [2.75, 3.05) is 0 Å². The third kappa shape index (κ3) is 1.33. The summed E-state index contributed by atoms with van der Waals surface area (Å²) in [5, 5.41) is 7.46. The predicted octanol–water partition coefficient (Wildman–Crippen LogP) is 0.531. The number of hydrazine groups is 1. The second-order valence-electron chi connectivity index (χ2n) is 1.99. The molecule has 56 valence electrons. The summed E-state index contributed by atoms with van der Waals surface area (Å²) >= 11 is 1.53. The molecule has 5 heteroatoms. The van der Waals surface area contributed by atoms with E-state index in [1.807, 2.05) is 12.3 Å². The molecular formula is C6H6N4S. The van der Waals surface area contributed by atoms with Gasteiger partial charge in [-0.2, -0.15) is 15.0 Å². The number of hydrogen-bond acceptors (Lipinski definition) is 5. The maximum atomic E-state index is 3.77. The molecule has 0 saturated carbocycles. The van der Waals surface area contributed by atoms with Gasteiger partial charge in [-0.15, -0.1) is 0 Å². The molecule has 1 aromatic rings. The van der Waals surface area contributed by atoms with Crippen molar-refractivity contribution in [1.82, 2.24) is 20.5 Å². The third-order valence-corrected chi connectivity index (χ3v) is 2.09. The first kappa shape index (κ1) is 6.63. The molecule has 2 rings (SSSR count). The zero-order valence-electron chi connectivity index (χ0n) is 5.61. The highest BCUT2D eigenvalue weighted by molar-refractivity contribution is 8.06. The van der Waals surface area contributed by atoms with Crippen LogP contribution in [-0.2, 0) is 0 Å². The van der Waals surface area contributed by atoms with Crippen LogP contribution in [0.25, 0.3) is 4.91 Å². The first-order chi connectivity index (χ1) is 5.47. The molecule has 0 saturated heterocycles. The van der Waals surface area contributed by atoms with E-state index in [0.717, 1.165) is 10.5 Å². The van der Waals surface area contributed by atoms with E-state index in [1.165, 1.54) is 11.9 Å². The van der Waals surface area contributed by atoms with E-state index < -0.39 is 0 Å². The molecule has 0 spiro atoms. The second kappa shape index (κ2) is 2.89. The highest BCUT2D eigenvalue weighted by Gasteiger charge is 2.06. The molecule has 0 fully saturated rings. The number of aromatic nitrogens is 2. The lowest BCUT2D eigenvalue weighted by atomic mass is 10.3. The Morgan fingerprint density at radius 1 is 1.36 bits per heavy atom. The Balaban J connectivity index is 2.29. The van der Waals surface area contributed by atoms with Crippen LogP contribution in [0.4, 0.5) is 0 Å². The van der Waals surface area contributed by atoms with E-state index in [1.54, 1.807) is 12.4 Å². The Labute approximate surface area is 68.2 Å². The van der Waals surface area contributed by atoms with Gasteiger partial charge >= 0.3 is 0 Å². The van der Waals surface area contributed by atoms with Crippen molar-refractivity contribution in [3.63, 3.8) is 0 Å². The molecule has 0 atom stereocenters. The van der Waals surface area contributed by atoms with Gasteiger partial charge in [0.25, 0.3) is 0 Å². The molecule has 4 nitrogen and oxygen atoms in total. The highest BCUT2D eigenvalue weighted by atomic mass is 32.2. The van der Waals surface area contributed by atoms with Crippen LogP contribution in [0.1, 0.15) is 5.56 Å². The first-order valence-electron chi connectivity index (χ1n) is 3.11. The standard InChI is InChI=1S/C6H6N4S/c1-2-7-8-3-5(1)6-4-9-10-11-6/h1-4,9-10H. The molecule has 0 radical (unpaired) electrons. The predicted molar refractivity (Wildman–Crippen MR) is 43.9 cm³/mol. The molecule has 0 unspecified atom stereocenters. The van der Waals surface area contributed by atoms with Gasteiger partial charge in [0.1, 0.15) is 0 Å². The molecule has 0 aliphatic carbocycles. The maximum absolute atomic E-state index is 3.77. The van der Waals surface area contributed by atoms with Crippen molar-refractivity contribution < 1.29 is 0 Å². The number of hydrogen-bond donors (Lipinski definition) is 2. The van der Waals surface area contributed by atoms with Gasteiger partial charge < -0.3 is 5.43 Å². The number of nitrogens with zero attached hydrogens (tertiary/aromatic N) is 2. The van der Waals surface area contributed by atoms with Crippen LogP contribution in [0.5, 0.6) is 0 Å². The summed E-state index contributed by atoms with van der Waals surface area (Å²) < 4.78 is 0. The van der Waals surface area contributed by atoms with Crippen LogP contribution < -0.4 is 10.3 Å². The van der Waals surface area contributed by atoms with Gasteiger partial charge in [-0.05, 0) is 18.0 Å². The fraction of sp³-hybridized carbons (Fsp3) is 0. The average Bonchev–Trinajstić information content (AvgIpc) is 2.58. The molecule has 11 heavy (non-hydrogen) atoms. The summed E-state index contributed by atoms with van der Waals surface area (Å²) in [6.07, 6.45) is 5.30. The Kier molecular flexibility index (Phi) is 1.74. The minimum absolute atomic E-state index is 1.07. The van der Waals surface area contributed by atoms with Crippen molar-refractivity contribution in [3.8, 4) is 0 Å². The van der Waals surface area contributed by atoms with Crippen molar-refractivity contribution in [2.24, 2.45) is 0 Å². The average molecular weight is 166 g/mol. The summed E-state index contributed by atoms with van der Waals surface area (Å²) in [6, 6.07) is 1.92. The third-order valence-electron chi connectivity index (χ3n) is 1.29. The summed E-state index contributed by atoms with van der Waals surface area (Å²) in [7, 11) is 0. The minimum Gasteiger partial charge on any atom is -0.318 e. The lowest BCUT2D eigenvalue weighted by Crippen LogP contribution is -2.11. The molecule has 2 N–H and O–H groups in total. The van der Waals surface area contributed by atoms with Crippen molar-refractivity contribution in [2.45, 2.75) is 0 Å². The summed E-state index contributed by atoms with van der Waals surface area (Å²) in [6.45, 7) is 0. The van der Waals surface area contributed by atoms with Gasteiger partial charge in [-0.25, -0.2) is 0 Å². The Morgan fingerprint density at radius 3 is 3.00 bits per heavy atom. The topological polar surface area (TPSA) is 49.8 Å². The summed E-state index contributed by atoms with van der Waals surface area (Å²) in [4.78, 5) is 4.02. The van der Waals surface area contributed by atoms with E-state index in [2.05, 4.69) is 20.5 Å². The Bertz CT molecular complexity index is 271. The first-order valence-corrected chi connectivity index (χ1v) is 3.93. The largest absolute Gasteiger partial charge is 0.318 e. The fourth-order valence-electron chi connectivity index (χ4n) is 0.788. The lowest BCUT2D eigenvalue weighted by molar-refractivity contribution is 0.897. The number of rotatable bonds is 1. The smallest absolute Gasteiger partial charge is 0.0580 e. The molecule has 1 aromatic heterocycles. The molecule has 0 aromatic carbocycles. The highest BCUT2D eigenvalue weighted by Crippen LogP contribution is 2.24. The molecule has 0 bridgehead atoms. The van der Waals surface area contributed by atoms with Gasteiger partial charge in [0, 0.05) is 11.8 Å². The quantitative estimate of drug-likeness (QED) is 0.596. The van der Waals surface area contributed by atoms with Gasteiger partial charge in [-0.1, -0.05) is 0 Å². The lowest BCUT2D eigenvalue weighted by Gasteiger charge is -1.95. The molecule has 0 amide bonds. The van der Waals surface area contributed by atoms with Crippen LogP contribution in [0.2, 0.25) is 0 Å². The van der Waals surface area contributed by atoms with Gasteiger partial charge in [0.05, 0.1) is 17.3 Å². The molecule has 2 heterocycles. The SMILES string of the molecule is C1=C(c2ccnnc2)SNN1. The van der Waals surface area contributed by atoms with Crippen LogP contribution >= 0.6 is 11.9 Å². The van der Waals surface area contributed by atoms with Crippen LogP contribution in [0.3, 0.4) is 0 Å². The van der Waals surface area contributed by atoms with E-state index in [0.29, 0.717) is 0 Å². The number of nitrogens with one attached hydrogen (secondary N) is 2. The molecular weight excluding hydrogens is 160 g/mol. The van der Waals surface area contributed by atoms with Gasteiger partial charge in [0.2, 0.25) is 0 Å². The summed E-state index contributed by atoms with van der Waals surface area (Å²) in [5.41, 5.74) is 3.95. The maximum Gasteiger partial charge on any atom is 0.0580 e. The summed E-state index contributed by atoms with van der Waals surface area (Å²) in [5.74, 6) is 0. The van der Waals surface area contributed by atoms with Crippen molar-refractivity contribution in [1.29, 1.82) is 0 Å². The van der Waals surface area contributed by atoms with E-state index in [-0.39, 0.29) is 0 Å². The van der Waals surface area contributed by atoms with Gasteiger partial charge in [-0.3, -0.25) is 0 Å². The van der Waals surface area contributed by atoms with E-state index in [4.69, 9.17) is 0 Å². The molecule has 1 aliphatic rings. The molecule has 1 aliphatic heterocycles. The second-order valence-corrected chi connectivity index (χ2v) is 2.84. The van der Waals surface area contributed by atoms with Crippen LogP contribution in [0, 0.1) is 0 Å². The Morgan fingerprint density at radius 2 is 2.36 bits per heavy atom.